The topological polar surface area (TPSA) is 119 Å². The van der Waals surface area contributed by atoms with Crippen LogP contribution >= 0.6 is 0 Å². The summed E-state index contributed by atoms with van der Waals surface area (Å²) < 4.78 is 10.7. The maximum atomic E-state index is 12.1. The van der Waals surface area contributed by atoms with Gasteiger partial charge < -0.3 is 9.26 Å². The Morgan fingerprint density at radius 1 is 1.27 bits per heavy atom. The van der Waals surface area contributed by atoms with Crippen LogP contribution in [0.3, 0.4) is 0 Å². The van der Waals surface area contributed by atoms with E-state index in [0.29, 0.717) is 24.0 Å². The smallest absolute Gasteiger partial charge is 0.248 e. The fourth-order valence-corrected chi connectivity index (χ4v) is 2.74. The number of ether oxygens (including phenoxy) is 1. The van der Waals surface area contributed by atoms with E-state index in [1.54, 1.807) is 0 Å². The summed E-state index contributed by atoms with van der Waals surface area (Å²) in [5.41, 5.74) is 0.870. The maximum Gasteiger partial charge on any atom is 0.248 e. The van der Waals surface area contributed by atoms with Gasteiger partial charge >= 0.3 is 0 Å². The lowest BCUT2D eigenvalue weighted by Gasteiger charge is -2.03. The summed E-state index contributed by atoms with van der Waals surface area (Å²) in [7, 11) is 0. The first kappa shape index (κ1) is 16.4. The molecule has 1 aliphatic rings. The van der Waals surface area contributed by atoms with Gasteiger partial charge in [0.2, 0.25) is 23.6 Å². The van der Waals surface area contributed by atoms with Gasteiger partial charge in [0.15, 0.2) is 5.82 Å². The Morgan fingerprint density at radius 2 is 2.15 bits per heavy atom. The molecular weight excluding hydrogens is 336 g/mol. The molecule has 1 fully saturated rings. The monoisotopic (exact) mass is 354 g/mol. The zero-order valence-electron chi connectivity index (χ0n) is 14.0. The van der Waals surface area contributed by atoms with E-state index in [-0.39, 0.29) is 24.4 Å². The number of rotatable bonds is 6. The predicted molar refractivity (Wildman–Crippen MR) is 91.0 cm³/mol. The van der Waals surface area contributed by atoms with Crippen molar-refractivity contribution in [2.24, 2.45) is 0 Å². The van der Waals surface area contributed by atoms with Crippen molar-refractivity contribution in [1.82, 2.24) is 25.3 Å². The van der Waals surface area contributed by atoms with Gasteiger partial charge in [0.1, 0.15) is 6.10 Å². The van der Waals surface area contributed by atoms with Crippen molar-refractivity contribution >= 4 is 11.9 Å². The quantitative estimate of drug-likeness (QED) is 0.697. The van der Waals surface area contributed by atoms with E-state index in [0.717, 1.165) is 25.0 Å². The number of nitrogens with one attached hydrogen (secondary N) is 2. The summed E-state index contributed by atoms with van der Waals surface area (Å²) in [5, 5.41) is 13.4. The standard InChI is InChI=1S/C17H18N6O3/c24-13(18-17-20-16(21-22-17)12-7-4-10-25-12)8-9-14-19-15(23-26-14)11-5-2-1-3-6-11/h1-3,5-6,12H,4,7-10H2,(H2,18,20,21,22,24)/t12-/m0/s1. The molecule has 4 rings (SSSR count). The maximum absolute atomic E-state index is 12.1. The molecule has 134 valence electrons. The third-order valence-electron chi connectivity index (χ3n) is 4.05. The molecule has 3 aromatic rings. The number of aryl methyl sites for hydroxylation is 1. The molecule has 26 heavy (non-hydrogen) atoms. The Hall–Kier alpha value is -3.07. The number of amides is 1. The average Bonchev–Trinajstić information content (AvgIpc) is 3.41. The van der Waals surface area contributed by atoms with E-state index in [4.69, 9.17) is 9.26 Å². The van der Waals surface area contributed by atoms with E-state index in [9.17, 15) is 4.79 Å². The summed E-state index contributed by atoms with van der Waals surface area (Å²) in [4.78, 5) is 20.6. The molecule has 1 saturated heterocycles. The van der Waals surface area contributed by atoms with Gasteiger partial charge in [-0.2, -0.15) is 9.97 Å². The van der Waals surface area contributed by atoms with Gasteiger partial charge in [-0.3, -0.25) is 15.2 Å². The molecule has 3 heterocycles. The Kier molecular flexibility index (Phi) is 4.69. The Morgan fingerprint density at radius 3 is 2.96 bits per heavy atom. The summed E-state index contributed by atoms with van der Waals surface area (Å²) in [6, 6.07) is 9.52. The number of nitrogens with zero attached hydrogens (tertiary/aromatic N) is 4. The van der Waals surface area contributed by atoms with E-state index in [1.807, 2.05) is 30.3 Å². The van der Waals surface area contributed by atoms with Crippen molar-refractivity contribution in [1.29, 1.82) is 0 Å². The number of H-pyrrole nitrogens is 1. The van der Waals surface area contributed by atoms with Gasteiger partial charge in [-0.15, -0.1) is 5.10 Å². The lowest BCUT2D eigenvalue weighted by Crippen LogP contribution is -2.13. The number of benzene rings is 1. The highest BCUT2D eigenvalue weighted by atomic mass is 16.5. The third kappa shape index (κ3) is 3.77. The van der Waals surface area contributed by atoms with Crippen LogP contribution in [-0.4, -0.2) is 37.8 Å². The van der Waals surface area contributed by atoms with E-state index >= 15 is 0 Å². The number of aromatic nitrogens is 5. The summed E-state index contributed by atoms with van der Waals surface area (Å²) in [5.74, 6) is 1.59. The van der Waals surface area contributed by atoms with Gasteiger partial charge in [-0.25, -0.2) is 0 Å². The number of anilines is 1. The molecule has 0 saturated carbocycles. The van der Waals surface area contributed by atoms with Gasteiger partial charge in [0, 0.05) is 25.0 Å². The van der Waals surface area contributed by atoms with Crippen LogP contribution in [0.5, 0.6) is 0 Å². The summed E-state index contributed by atoms with van der Waals surface area (Å²) in [6.45, 7) is 0.724. The van der Waals surface area contributed by atoms with E-state index in [2.05, 4.69) is 30.6 Å². The number of carbonyl (C=O) groups excluding carboxylic acids is 1. The molecule has 0 unspecified atom stereocenters. The zero-order valence-corrected chi connectivity index (χ0v) is 14.0. The predicted octanol–water partition coefficient (Wildman–Crippen LogP) is 2.28. The second-order valence-electron chi connectivity index (χ2n) is 5.97. The highest BCUT2D eigenvalue weighted by Crippen LogP contribution is 2.26. The average molecular weight is 354 g/mol. The lowest BCUT2D eigenvalue weighted by molar-refractivity contribution is -0.116. The molecule has 0 aliphatic carbocycles. The lowest BCUT2D eigenvalue weighted by atomic mass is 10.2. The number of carbonyl (C=O) groups is 1. The normalized spacial score (nSPS) is 16.7. The SMILES string of the molecule is O=C(CCc1nc(-c2ccccc2)no1)Nc1n[nH]c([C@@H]2CCCO2)n1. The minimum atomic E-state index is -0.220. The molecule has 0 radical (unpaired) electrons. The first-order chi connectivity index (χ1) is 12.8. The molecule has 2 N–H and O–H groups in total. The molecule has 2 aromatic heterocycles. The number of hydrogen-bond acceptors (Lipinski definition) is 7. The molecule has 0 bridgehead atoms. The highest BCUT2D eigenvalue weighted by Gasteiger charge is 2.21. The van der Waals surface area contributed by atoms with Gasteiger partial charge in [0.05, 0.1) is 0 Å². The molecule has 1 atom stereocenters. The van der Waals surface area contributed by atoms with Crippen LogP contribution in [0.15, 0.2) is 34.9 Å². The molecule has 0 spiro atoms. The molecule has 1 aliphatic heterocycles. The van der Waals surface area contributed by atoms with E-state index < -0.39 is 0 Å². The van der Waals surface area contributed by atoms with Crippen molar-refractivity contribution in [3.05, 3.63) is 42.0 Å². The van der Waals surface area contributed by atoms with Crippen LogP contribution < -0.4 is 5.32 Å². The molecular formula is C17H18N6O3. The van der Waals surface area contributed by atoms with Crippen molar-refractivity contribution < 1.29 is 14.1 Å². The minimum Gasteiger partial charge on any atom is -0.370 e. The van der Waals surface area contributed by atoms with Gasteiger partial charge in [-0.1, -0.05) is 35.5 Å². The van der Waals surface area contributed by atoms with Gasteiger partial charge in [-0.05, 0) is 12.8 Å². The van der Waals surface area contributed by atoms with Crippen molar-refractivity contribution in [2.75, 3.05) is 11.9 Å². The Bertz CT molecular complexity index is 870. The van der Waals surface area contributed by atoms with Crippen LogP contribution in [0.2, 0.25) is 0 Å². The number of aromatic amines is 1. The van der Waals surface area contributed by atoms with Crippen LogP contribution in [0.1, 0.15) is 37.1 Å². The second kappa shape index (κ2) is 7.44. The first-order valence-corrected chi connectivity index (χ1v) is 8.50. The van der Waals surface area contributed by atoms with Crippen molar-refractivity contribution in [2.45, 2.75) is 31.8 Å². The van der Waals surface area contributed by atoms with Crippen molar-refractivity contribution in [3.63, 3.8) is 0 Å². The van der Waals surface area contributed by atoms with E-state index in [1.165, 1.54) is 0 Å². The third-order valence-corrected chi connectivity index (χ3v) is 4.05. The molecule has 1 amide bonds. The van der Waals surface area contributed by atoms with Gasteiger partial charge in [0.25, 0.3) is 0 Å². The zero-order chi connectivity index (χ0) is 17.8. The fraction of sp³-hybridized carbons (Fsp3) is 0.353. The Balaban J connectivity index is 1.30. The largest absolute Gasteiger partial charge is 0.370 e. The summed E-state index contributed by atoms with van der Waals surface area (Å²) in [6.07, 6.45) is 2.38. The van der Waals surface area contributed by atoms with Crippen LogP contribution in [0, 0.1) is 0 Å². The first-order valence-electron chi connectivity index (χ1n) is 8.50. The molecule has 9 heteroatoms. The van der Waals surface area contributed by atoms with Crippen molar-refractivity contribution in [3.8, 4) is 11.4 Å². The van der Waals surface area contributed by atoms with Crippen LogP contribution in [0.25, 0.3) is 11.4 Å². The van der Waals surface area contributed by atoms with Crippen LogP contribution in [0.4, 0.5) is 5.95 Å². The molecule has 1 aromatic carbocycles. The minimum absolute atomic E-state index is 0.0667. The number of hydrogen-bond donors (Lipinski definition) is 2. The van der Waals surface area contributed by atoms with Crippen LogP contribution in [-0.2, 0) is 16.0 Å². The summed E-state index contributed by atoms with van der Waals surface area (Å²) >= 11 is 0. The Labute approximate surface area is 149 Å². The fourth-order valence-electron chi connectivity index (χ4n) is 2.74. The molecule has 9 nitrogen and oxygen atoms in total. The highest BCUT2D eigenvalue weighted by molar-refractivity contribution is 5.88. The second-order valence-corrected chi connectivity index (χ2v) is 5.97.